The molecule has 0 atom stereocenters. The molecule has 0 aromatic carbocycles. The first-order valence-electron chi connectivity index (χ1n) is 6.23. The predicted octanol–water partition coefficient (Wildman–Crippen LogP) is 2.68. The van der Waals surface area contributed by atoms with Crippen molar-refractivity contribution in [2.75, 3.05) is 25.2 Å². The molecule has 2 nitrogen and oxygen atoms in total. The standard InChI is InChI=1S/C12H25NOS/c1-3-15-10-4-9-14-12-7-5-11(13-2)6-8-12/h11-13H,3-10H2,1-2H3. The Morgan fingerprint density at radius 2 is 2.00 bits per heavy atom. The summed E-state index contributed by atoms with van der Waals surface area (Å²) < 4.78 is 5.88. The zero-order valence-electron chi connectivity index (χ0n) is 10.1. The van der Waals surface area contributed by atoms with Gasteiger partial charge in [0.1, 0.15) is 0 Å². The molecule has 0 aromatic rings. The molecule has 1 fully saturated rings. The minimum absolute atomic E-state index is 0.543. The molecule has 1 N–H and O–H groups in total. The van der Waals surface area contributed by atoms with Gasteiger partial charge in [-0.25, -0.2) is 0 Å². The summed E-state index contributed by atoms with van der Waals surface area (Å²) in [5.41, 5.74) is 0. The molecule has 0 saturated heterocycles. The van der Waals surface area contributed by atoms with E-state index in [4.69, 9.17) is 4.74 Å². The largest absolute Gasteiger partial charge is 0.378 e. The van der Waals surface area contributed by atoms with Crippen LogP contribution in [0.15, 0.2) is 0 Å². The molecule has 0 bridgehead atoms. The number of thioether (sulfide) groups is 1. The van der Waals surface area contributed by atoms with Crippen LogP contribution >= 0.6 is 11.8 Å². The zero-order valence-corrected chi connectivity index (χ0v) is 10.9. The summed E-state index contributed by atoms with van der Waals surface area (Å²) in [6, 6.07) is 0.737. The second-order valence-electron chi connectivity index (χ2n) is 4.18. The number of ether oxygens (including phenoxy) is 1. The van der Waals surface area contributed by atoms with Crippen LogP contribution in [0.3, 0.4) is 0 Å². The lowest BCUT2D eigenvalue weighted by Crippen LogP contribution is -2.33. The molecule has 0 spiro atoms. The maximum Gasteiger partial charge on any atom is 0.0576 e. The summed E-state index contributed by atoms with van der Waals surface area (Å²) in [5.74, 6) is 2.48. The van der Waals surface area contributed by atoms with Gasteiger partial charge in [0.15, 0.2) is 0 Å². The highest BCUT2D eigenvalue weighted by molar-refractivity contribution is 7.99. The van der Waals surface area contributed by atoms with E-state index in [1.807, 2.05) is 11.8 Å². The average Bonchev–Trinajstić information content (AvgIpc) is 2.30. The summed E-state index contributed by atoms with van der Waals surface area (Å²) in [6.07, 6.45) is 6.81. The van der Waals surface area contributed by atoms with Gasteiger partial charge in [-0.2, -0.15) is 11.8 Å². The average molecular weight is 231 g/mol. The van der Waals surface area contributed by atoms with Crippen molar-refractivity contribution in [3.63, 3.8) is 0 Å². The summed E-state index contributed by atoms with van der Waals surface area (Å²) in [4.78, 5) is 0. The van der Waals surface area contributed by atoms with Crippen LogP contribution < -0.4 is 5.32 Å². The molecule has 0 aromatic heterocycles. The van der Waals surface area contributed by atoms with Crippen molar-refractivity contribution in [3.8, 4) is 0 Å². The van der Waals surface area contributed by atoms with Crippen LogP contribution in [0.4, 0.5) is 0 Å². The van der Waals surface area contributed by atoms with E-state index in [2.05, 4.69) is 19.3 Å². The predicted molar refractivity (Wildman–Crippen MR) is 68.7 cm³/mol. The van der Waals surface area contributed by atoms with Crippen LogP contribution in [-0.4, -0.2) is 37.3 Å². The molecule has 1 aliphatic rings. The van der Waals surface area contributed by atoms with Crippen LogP contribution in [0, 0.1) is 0 Å². The Hall–Kier alpha value is 0.270. The van der Waals surface area contributed by atoms with Crippen molar-refractivity contribution in [2.45, 2.75) is 51.2 Å². The maximum absolute atomic E-state index is 5.88. The van der Waals surface area contributed by atoms with Crippen LogP contribution in [0.5, 0.6) is 0 Å². The van der Waals surface area contributed by atoms with Gasteiger partial charge < -0.3 is 10.1 Å². The van der Waals surface area contributed by atoms with Gasteiger partial charge in [0.05, 0.1) is 6.10 Å². The van der Waals surface area contributed by atoms with E-state index >= 15 is 0 Å². The number of rotatable bonds is 7. The Balaban J connectivity index is 1.94. The van der Waals surface area contributed by atoms with E-state index in [0.29, 0.717) is 6.10 Å². The number of hydrogen-bond donors (Lipinski definition) is 1. The van der Waals surface area contributed by atoms with Gasteiger partial charge in [0.25, 0.3) is 0 Å². The topological polar surface area (TPSA) is 21.3 Å². The normalized spacial score (nSPS) is 26.8. The highest BCUT2D eigenvalue weighted by Crippen LogP contribution is 2.21. The van der Waals surface area contributed by atoms with Gasteiger partial charge in [-0.15, -0.1) is 0 Å². The fourth-order valence-corrected chi connectivity index (χ4v) is 2.68. The molecular formula is C12H25NOS. The smallest absolute Gasteiger partial charge is 0.0576 e. The van der Waals surface area contributed by atoms with Crippen molar-refractivity contribution in [1.82, 2.24) is 5.32 Å². The highest BCUT2D eigenvalue weighted by Gasteiger charge is 2.19. The van der Waals surface area contributed by atoms with Gasteiger partial charge >= 0.3 is 0 Å². The lowest BCUT2D eigenvalue weighted by molar-refractivity contribution is 0.0239. The molecule has 0 unspecified atom stereocenters. The van der Waals surface area contributed by atoms with E-state index in [1.54, 1.807) is 0 Å². The zero-order chi connectivity index (χ0) is 10.9. The second kappa shape index (κ2) is 8.43. The van der Waals surface area contributed by atoms with Crippen LogP contribution in [0.1, 0.15) is 39.0 Å². The summed E-state index contributed by atoms with van der Waals surface area (Å²) >= 11 is 2.01. The fraction of sp³-hybridized carbons (Fsp3) is 1.00. The molecule has 0 amide bonds. The molecule has 1 saturated carbocycles. The van der Waals surface area contributed by atoms with Crippen LogP contribution in [-0.2, 0) is 4.74 Å². The van der Waals surface area contributed by atoms with Crippen molar-refractivity contribution < 1.29 is 4.74 Å². The summed E-state index contributed by atoms with van der Waals surface area (Å²) in [5, 5.41) is 3.35. The number of hydrogen-bond acceptors (Lipinski definition) is 3. The van der Waals surface area contributed by atoms with Gasteiger partial charge in [0, 0.05) is 12.6 Å². The first-order valence-corrected chi connectivity index (χ1v) is 7.39. The van der Waals surface area contributed by atoms with E-state index in [1.165, 1.54) is 43.6 Å². The van der Waals surface area contributed by atoms with Gasteiger partial charge in [-0.05, 0) is 50.7 Å². The Kier molecular flexibility index (Phi) is 7.49. The molecule has 1 rings (SSSR count). The van der Waals surface area contributed by atoms with Gasteiger partial charge in [-0.3, -0.25) is 0 Å². The SMILES string of the molecule is CCSCCCOC1CCC(NC)CC1. The molecule has 0 heterocycles. The lowest BCUT2D eigenvalue weighted by atomic mass is 9.93. The van der Waals surface area contributed by atoms with Gasteiger partial charge in [0.2, 0.25) is 0 Å². The van der Waals surface area contributed by atoms with Crippen molar-refractivity contribution >= 4 is 11.8 Å². The van der Waals surface area contributed by atoms with E-state index in [9.17, 15) is 0 Å². The third kappa shape index (κ3) is 5.79. The molecular weight excluding hydrogens is 206 g/mol. The monoisotopic (exact) mass is 231 g/mol. The highest BCUT2D eigenvalue weighted by atomic mass is 32.2. The van der Waals surface area contributed by atoms with Crippen LogP contribution in [0.2, 0.25) is 0 Å². The van der Waals surface area contributed by atoms with Crippen molar-refractivity contribution in [1.29, 1.82) is 0 Å². The Bertz CT molecular complexity index is 147. The van der Waals surface area contributed by atoms with Crippen LogP contribution in [0.25, 0.3) is 0 Å². The van der Waals surface area contributed by atoms with E-state index in [-0.39, 0.29) is 0 Å². The maximum atomic E-state index is 5.88. The van der Waals surface area contributed by atoms with Gasteiger partial charge in [-0.1, -0.05) is 6.92 Å². The first kappa shape index (κ1) is 13.3. The molecule has 3 heteroatoms. The Labute approximate surface area is 98.5 Å². The lowest BCUT2D eigenvalue weighted by Gasteiger charge is -2.28. The van der Waals surface area contributed by atoms with E-state index in [0.717, 1.165) is 12.6 Å². The number of nitrogens with one attached hydrogen (secondary N) is 1. The first-order chi connectivity index (χ1) is 7.36. The van der Waals surface area contributed by atoms with E-state index < -0.39 is 0 Å². The summed E-state index contributed by atoms with van der Waals surface area (Å²) in [6.45, 7) is 3.17. The summed E-state index contributed by atoms with van der Waals surface area (Å²) in [7, 11) is 2.06. The quantitative estimate of drug-likeness (QED) is 0.681. The molecule has 0 aliphatic heterocycles. The molecule has 15 heavy (non-hydrogen) atoms. The second-order valence-corrected chi connectivity index (χ2v) is 5.58. The third-order valence-corrected chi connectivity index (χ3v) is 4.06. The fourth-order valence-electron chi connectivity index (χ4n) is 2.07. The molecule has 90 valence electrons. The van der Waals surface area contributed by atoms with Crippen molar-refractivity contribution in [2.24, 2.45) is 0 Å². The molecule has 0 radical (unpaired) electrons. The Morgan fingerprint density at radius 3 is 2.60 bits per heavy atom. The third-order valence-electron chi connectivity index (χ3n) is 3.07. The van der Waals surface area contributed by atoms with Crippen molar-refractivity contribution in [3.05, 3.63) is 0 Å². The minimum Gasteiger partial charge on any atom is -0.378 e. The Morgan fingerprint density at radius 1 is 1.27 bits per heavy atom. The minimum atomic E-state index is 0.543. The molecule has 1 aliphatic carbocycles.